The smallest absolute Gasteiger partial charge is 0.224 e. The predicted octanol–water partition coefficient (Wildman–Crippen LogP) is 3.74. The van der Waals surface area contributed by atoms with Gasteiger partial charge in [0, 0.05) is 79.4 Å². The highest BCUT2D eigenvalue weighted by molar-refractivity contribution is 5.87. The van der Waals surface area contributed by atoms with Crippen LogP contribution in [0.15, 0.2) is 36.4 Å². The van der Waals surface area contributed by atoms with Gasteiger partial charge in [-0.05, 0) is 31.2 Å². The average Bonchev–Trinajstić information content (AvgIpc) is 3.11. The summed E-state index contributed by atoms with van der Waals surface area (Å²) in [5.74, 6) is 2.70. The van der Waals surface area contributed by atoms with Crippen molar-refractivity contribution in [3.8, 4) is 17.2 Å². The van der Waals surface area contributed by atoms with Gasteiger partial charge in [-0.1, -0.05) is 6.07 Å². The van der Waals surface area contributed by atoms with Crippen LogP contribution in [0.4, 0.5) is 0 Å². The van der Waals surface area contributed by atoms with Gasteiger partial charge in [0.05, 0.1) is 14.2 Å². The number of aromatic nitrogens is 1. The zero-order valence-corrected chi connectivity index (χ0v) is 19.5. The van der Waals surface area contributed by atoms with E-state index in [0.717, 1.165) is 59.8 Å². The van der Waals surface area contributed by atoms with Crippen LogP contribution in [0.5, 0.6) is 17.2 Å². The van der Waals surface area contributed by atoms with Crippen LogP contribution in [0.2, 0.25) is 0 Å². The van der Waals surface area contributed by atoms with E-state index < -0.39 is 0 Å². The highest BCUT2D eigenvalue weighted by atomic mass is 16.5. The Kier molecular flexibility index (Phi) is 5.89. The number of carbonyl (C=O) groups is 1. The van der Waals surface area contributed by atoms with Crippen molar-refractivity contribution < 1.29 is 19.0 Å². The summed E-state index contributed by atoms with van der Waals surface area (Å²) in [4.78, 5) is 21.0. The minimum atomic E-state index is 0.0483. The van der Waals surface area contributed by atoms with E-state index in [0.29, 0.717) is 19.5 Å². The topological polar surface area (TPSA) is 67.0 Å². The molecule has 1 atom stereocenters. The Hall–Kier alpha value is -3.19. The third kappa shape index (κ3) is 4.37. The first kappa shape index (κ1) is 21.6. The average molecular weight is 450 g/mol. The van der Waals surface area contributed by atoms with Crippen LogP contribution in [-0.4, -0.2) is 60.6 Å². The molecule has 3 heterocycles. The Balaban J connectivity index is 1.25. The van der Waals surface area contributed by atoms with Gasteiger partial charge in [-0.25, -0.2) is 0 Å². The first-order valence-corrected chi connectivity index (χ1v) is 11.5. The molecule has 2 aliphatic rings. The number of fused-ring (bicyclic) bond motifs is 4. The van der Waals surface area contributed by atoms with Gasteiger partial charge in [0.15, 0.2) is 0 Å². The Bertz CT molecular complexity index is 1170. The number of carbonyl (C=O) groups excluding carboxylic acids is 1. The maximum absolute atomic E-state index is 13.1. The number of aromatic amines is 1. The lowest BCUT2D eigenvalue weighted by atomic mass is 10.0. The number of hydrogen-bond donors (Lipinski definition) is 1. The molecule has 0 radical (unpaired) electrons. The number of nitrogens with zero attached hydrogens (tertiary/aromatic N) is 2. The van der Waals surface area contributed by atoms with Gasteiger partial charge < -0.3 is 24.1 Å². The minimum Gasteiger partial charge on any atom is -0.497 e. The van der Waals surface area contributed by atoms with Crippen molar-refractivity contribution in [1.29, 1.82) is 0 Å². The molecule has 0 aliphatic carbocycles. The standard InChI is InChI=1S/C26H31N3O4/c1-17-14-28(15-18-4-5-20(32-3)13-25(18)33-17)10-9-26(30)29-11-8-24-22(16-29)21-12-19(31-2)6-7-23(21)27-24/h4-7,12-13,17,27H,8-11,14-16H2,1-3H3. The number of amides is 1. The van der Waals surface area contributed by atoms with Crippen molar-refractivity contribution >= 4 is 16.8 Å². The van der Waals surface area contributed by atoms with Crippen molar-refractivity contribution in [3.05, 3.63) is 53.2 Å². The second-order valence-electron chi connectivity index (χ2n) is 8.95. The largest absolute Gasteiger partial charge is 0.497 e. The molecule has 0 bridgehead atoms. The Morgan fingerprint density at radius 3 is 2.73 bits per heavy atom. The molecule has 1 unspecified atom stereocenters. The second-order valence-corrected chi connectivity index (χ2v) is 8.95. The molecule has 7 heteroatoms. The van der Waals surface area contributed by atoms with Crippen LogP contribution in [0.3, 0.4) is 0 Å². The van der Waals surface area contributed by atoms with E-state index in [4.69, 9.17) is 14.2 Å². The highest BCUT2D eigenvalue weighted by Gasteiger charge is 2.26. The monoisotopic (exact) mass is 449 g/mol. The fourth-order valence-electron chi connectivity index (χ4n) is 4.94. The number of nitrogens with one attached hydrogen (secondary N) is 1. The van der Waals surface area contributed by atoms with Gasteiger partial charge in [0.2, 0.25) is 5.91 Å². The van der Waals surface area contributed by atoms with E-state index in [9.17, 15) is 4.79 Å². The number of H-pyrrole nitrogens is 1. The van der Waals surface area contributed by atoms with Crippen LogP contribution in [0.25, 0.3) is 10.9 Å². The van der Waals surface area contributed by atoms with Gasteiger partial charge in [0.1, 0.15) is 23.4 Å². The lowest BCUT2D eigenvalue weighted by molar-refractivity contribution is -0.132. The van der Waals surface area contributed by atoms with Gasteiger partial charge in [-0.3, -0.25) is 9.69 Å². The van der Waals surface area contributed by atoms with Gasteiger partial charge in [0.25, 0.3) is 0 Å². The first-order chi connectivity index (χ1) is 16.0. The van der Waals surface area contributed by atoms with E-state index in [2.05, 4.69) is 35.0 Å². The van der Waals surface area contributed by atoms with Gasteiger partial charge in [-0.2, -0.15) is 0 Å². The van der Waals surface area contributed by atoms with E-state index in [1.807, 2.05) is 23.1 Å². The van der Waals surface area contributed by atoms with Crippen molar-refractivity contribution in [2.24, 2.45) is 0 Å². The van der Waals surface area contributed by atoms with Crippen LogP contribution in [0, 0.1) is 0 Å². The predicted molar refractivity (Wildman–Crippen MR) is 127 cm³/mol. The van der Waals surface area contributed by atoms with E-state index >= 15 is 0 Å². The SMILES string of the molecule is COc1ccc2c(c1)OC(C)CN(CCC(=O)N1CCc3[nH]c4ccc(OC)cc4c3C1)C2. The zero-order chi connectivity index (χ0) is 22.9. The van der Waals surface area contributed by atoms with Crippen LogP contribution >= 0.6 is 0 Å². The molecule has 0 spiro atoms. The van der Waals surface area contributed by atoms with Crippen LogP contribution in [-0.2, 0) is 24.3 Å². The summed E-state index contributed by atoms with van der Waals surface area (Å²) in [5.41, 5.74) is 4.67. The summed E-state index contributed by atoms with van der Waals surface area (Å²) in [6.07, 6.45) is 1.40. The molecule has 2 aromatic carbocycles. The third-order valence-electron chi connectivity index (χ3n) is 6.69. The molecule has 0 saturated heterocycles. The molecule has 3 aromatic rings. The second kappa shape index (κ2) is 8.98. The normalized spacial score (nSPS) is 18.3. The fraction of sp³-hybridized carbons (Fsp3) is 0.423. The molecule has 1 aromatic heterocycles. The fourth-order valence-corrected chi connectivity index (χ4v) is 4.94. The first-order valence-electron chi connectivity index (χ1n) is 11.5. The molecule has 2 aliphatic heterocycles. The van der Waals surface area contributed by atoms with Crippen molar-refractivity contribution in [1.82, 2.24) is 14.8 Å². The van der Waals surface area contributed by atoms with E-state index in [1.165, 1.54) is 11.3 Å². The summed E-state index contributed by atoms with van der Waals surface area (Å²) in [7, 11) is 3.34. The third-order valence-corrected chi connectivity index (χ3v) is 6.69. The molecule has 5 rings (SSSR count). The van der Waals surface area contributed by atoms with Crippen molar-refractivity contribution in [2.45, 2.75) is 39.0 Å². The lowest BCUT2D eigenvalue weighted by Gasteiger charge is -2.29. The quantitative estimate of drug-likeness (QED) is 0.643. The molecular formula is C26H31N3O4. The Morgan fingerprint density at radius 1 is 1.12 bits per heavy atom. The van der Waals surface area contributed by atoms with Crippen molar-refractivity contribution in [2.75, 3.05) is 33.9 Å². The summed E-state index contributed by atoms with van der Waals surface area (Å²) in [6.45, 7) is 5.73. The molecule has 1 amide bonds. The molecule has 33 heavy (non-hydrogen) atoms. The number of benzene rings is 2. The van der Waals surface area contributed by atoms with Gasteiger partial charge >= 0.3 is 0 Å². The molecule has 7 nitrogen and oxygen atoms in total. The van der Waals surface area contributed by atoms with E-state index in [-0.39, 0.29) is 12.0 Å². The molecule has 0 saturated carbocycles. The summed E-state index contributed by atoms with van der Waals surface area (Å²) in [6, 6.07) is 12.0. The molecule has 174 valence electrons. The van der Waals surface area contributed by atoms with Crippen LogP contribution in [0.1, 0.15) is 30.2 Å². The summed E-state index contributed by atoms with van der Waals surface area (Å²) >= 11 is 0. The molecular weight excluding hydrogens is 418 g/mol. The number of rotatable bonds is 5. The maximum Gasteiger partial charge on any atom is 0.224 e. The summed E-state index contributed by atoms with van der Waals surface area (Å²) in [5, 5.41) is 1.15. The molecule has 0 fully saturated rings. The number of ether oxygens (including phenoxy) is 3. The lowest BCUT2D eigenvalue weighted by Crippen LogP contribution is -2.39. The molecule has 1 N–H and O–H groups in total. The van der Waals surface area contributed by atoms with E-state index in [1.54, 1.807) is 14.2 Å². The van der Waals surface area contributed by atoms with Gasteiger partial charge in [-0.15, -0.1) is 0 Å². The van der Waals surface area contributed by atoms with Crippen molar-refractivity contribution in [3.63, 3.8) is 0 Å². The highest BCUT2D eigenvalue weighted by Crippen LogP contribution is 2.31. The zero-order valence-electron chi connectivity index (χ0n) is 19.5. The van der Waals surface area contributed by atoms with Crippen LogP contribution < -0.4 is 14.2 Å². The number of hydrogen-bond acceptors (Lipinski definition) is 5. The Morgan fingerprint density at radius 2 is 1.91 bits per heavy atom. The Labute approximate surface area is 194 Å². The minimum absolute atomic E-state index is 0.0483. The maximum atomic E-state index is 13.1. The number of methoxy groups -OCH3 is 2. The summed E-state index contributed by atoms with van der Waals surface area (Å²) < 4.78 is 16.8.